The van der Waals surface area contributed by atoms with Crippen LogP contribution in [0.25, 0.3) is 0 Å². The summed E-state index contributed by atoms with van der Waals surface area (Å²) in [7, 11) is 0. The van der Waals surface area contributed by atoms with E-state index >= 15 is 0 Å². The zero-order valence-corrected chi connectivity index (χ0v) is 10.2. The molecule has 0 saturated heterocycles. The predicted molar refractivity (Wildman–Crippen MR) is 67.9 cm³/mol. The van der Waals surface area contributed by atoms with Gasteiger partial charge in [-0.05, 0) is 18.9 Å². The van der Waals surface area contributed by atoms with Crippen LogP contribution >= 0.6 is 0 Å². The summed E-state index contributed by atoms with van der Waals surface area (Å²) in [4.78, 5) is 24.9. The van der Waals surface area contributed by atoms with Crippen molar-refractivity contribution in [3.63, 3.8) is 0 Å². The largest absolute Gasteiger partial charge is 0.481 e. The second-order valence-electron chi connectivity index (χ2n) is 4.43. The Hall–Kier alpha value is -2.44. The van der Waals surface area contributed by atoms with E-state index in [-0.39, 0.29) is 11.7 Å². The number of carbonyl (C=O) groups is 1. The number of hydrogen-bond acceptors (Lipinski definition) is 5. The first-order chi connectivity index (χ1) is 8.97. The molecule has 2 unspecified atom stereocenters. The zero-order chi connectivity index (χ0) is 14.0. The van der Waals surface area contributed by atoms with Gasteiger partial charge in [0.25, 0.3) is 5.69 Å². The Balaban J connectivity index is 2.07. The minimum Gasteiger partial charge on any atom is -0.481 e. The van der Waals surface area contributed by atoms with Gasteiger partial charge in [-0.3, -0.25) is 14.9 Å². The topological polar surface area (TPSA) is 105 Å². The van der Waals surface area contributed by atoms with Gasteiger partial charge in [0.15, 0.2) is 0 Å². The van der Waals surface area contributed by atoms with Gasteiger partial charge in [0.05, 0.1) is 10.8 Å². The maximum Gasteiger partial charge on any atom is 0.310 e. The fourth-order valence-corrected chi connectivity index (χ4v) is 1.98. The molecule has 0 aromatic carbocycles. The molecular formula is C12H13N3O4. The molecule has 1 aliphatic carbocycles. The minimum absolute atomic E-state index is 0.0616. The van der Waals surface area contributed by atoms with Crippen LogP contribution in [0, 0.1) is 23.0 Å². The molecule has 0 fully saturated rings. The van der Waals surface area contributed by atoms with Gasteiger partial charge < -0.3 is 10.4 Å². The van der Waals surface area contributed by atoms with Gasteiger partial charge in [0.2, 0.25) is 0 Å². The zero-order valence-electron chi connectivity index (χ0n) is 10.2. The molecule has 1 aromatic rings. The van der Waals surface area contributed by atoms with E-state index in [2.05, 4.69) is 10.3 Å². The molecule has 0 radical (unpaired) electrons. The molecule has 100 valence electrons. The maximum atomic E-state index is 10.8. The van der Waals surface area contributed by atoms with Crippen molar-refractivity contribution in [2.75, 3.05) is 5.32 Å². The monoisotopic (exact) mass is 263 g/mol. The number of aromatic nitrogens is 1. The molecule has 2 atom stereocenters. The fraction of sp³-hybridized carbons (Fsp3) is 0.333. The van der Waals surface area contributed by atoms with Gasteiger partial charge in [0, 0.05) is 12.1 Å². The summed E-state index contributed by atoms with van der Waals surface area (Å²) in [5, 5.41) is 22.6. The predicted octanol–water partition coefficient (Wildman–Crippen LogP) is 1.74. The third-order valence-electron chi connectivity index (χ3n) is 3.00. The van der Waals surface area contributed by atoms with E-state index in [1.54, 1.807) is 19.1 Å². The lowest BCUT2D eigenvalue weighted by Crippen LogP contribution is -2.19. The first-order valence-electron chi connectivity index (χ1n) is 5.76. The maximum absolute atomic E-state index is 10.8. The first-order valence-corrected chi connectivity index (χ1v) is 5.76. The van der Waals surface area contributed by atoms with Crippen molar-refractivity contribution in [3.8, 4) is 0 Å². The number of aliphatic carboxylic acids is 1. The number of hydrogen-bond donors (Lipinski definition) is 2. The molecule has 7 nitrogen and oxygen atoms in total. The van der Waals surface area contributed by atoms with E-state index in [0.717, 1.165) is 0 Å². The highest BCUT2D eigenvalue weighted by molar-refractivity contribution is 5.73. The van der Waals surface area contributed by atoms with E-state index in [9.17, 15) is 14.9 Å². The standard InChI is InChI=1S/C12H13N3O4/c1-7-4-10(15(18)19)6-13-11(7)14-9-3-2-8(5-9)12(16)17/h2-4,6,8-9H,5H2,1H3,(H,13,14)(H,16,17). The van der Waals surface area contributed by atoms with Crippen LogP contribution < -0.4 is 5.32 Å². The summed E-state index contributed by atoms with van der Waals surface area (Å²) in [5.74, 6) is -0.809. The number of carboxylic acid groups (broad SMARTS) is 1. The third-order valence-corrected chi connectivity index (χ3v) is 3.00. The number of nitrogens with zero attached hydrogens (tertiary/aromatic N) is 2. The van der Waals surface area contributed by atoms with Crippen molar-refractivity contribution in [3.05, 3.63) is 40.1 Å². The van der Waals surface area contributed by atoms with Gasteiger partial charge in [-0.25, -0.2) is 4.98 Å². The Bertz CT molecular complexity index is 556. The van der Waals surface area contributed by atoms with Crippen LogP contribution in [0.5, 0.6) is 0 Å². The number of anilines is 1. The van der Waals surface area contributed by atoms with Gasteiger partial charge in [-0.1, -0.05) is 12.2 Å². The molecule has 7 heteroatoms. The smallest absolute Gasteiger partial charge is 0.310 e. The van der Waals surface area contributed by atoms with Crippen LogP contribution in [0.4, 0.5) is 11.5 Å². The highest BCUT2D eigenvalue weighted by Gasteiger charge is 2.24. The van der Waals surface area contributed by atoms with Crippen LogP contribution in [-0.2, 0) is 4.79 Å². The Labute approximate surface area is 109 Å². The van der Waals surface area contributed by atoms with Crippen molar-refractivity contribution >= 4 is 17.5 Å². The molecule has 0 saturated carbocycles. The molecule has 1 heterocycles. The lowest BCUT2D eigenvalue weighted by Gasteiger charge is -2.14. The van der Waals surface area contributed by atoms with Crippen molar-refractivity contribution in [2.45, 2.75) is 19.4 Å². The second-order valence-corrected chi connectivity index (χ2v) is 4.43. The number of pyridine rings is 1. The minimum atomic E-state index is -0.853. The van der Waals surface area contributed by atoms with E-state index < -0.39 is 16.8 Å². The lowest BCUT2D eigenvalue weighted by molar-refractivity contribution is -0.385. The van der Waals surface area contributed by atoms with Gasteiger partial charge in [-0.2, -0.15) is 0 Å². The van der Waals surface area contributed by atoms with Crippen LogP contribution in [-0.4, -0.2) is 27.0 Å². The Morgan fingerprint density at radius 1 is 1.58 bits per heavy atom. The van der Waals surface area contributed by atoms with E-state index in [4.69, 9.17) is 5.11 Å². The molecule has 19 heavy (non-hydrogen) atoms. The molecule has 2 rings (SSSR count). The molecular weight excluding hydrogens is 250 g/mol. The van der Waals surface area contributed by atoms with Crippen LogP contribution in [0.1, 0.15) is 12.0 Å². The summed E-state index contributed by atoms with van der Waals surface area (Å²) in [6.45, 7) is 1.72. The Morgan fingerprint density at radius 3 is 2.84 bits per heavy atom. The third kappa shape index (κ3) is 2.87. The molecule has 0 aliphatic heterocycles. The van der Waals surface area contributed by atoms with Crippen LogP contribution in [0.15, 0.2) is 24.4 Å². The highest BCUT2D eigenvalue weighted by atomic mass is 16.6. The summed E-state index contributed by atoms with van der Waals surface area (Å²) in [6.07, 6.45) is 5.05. The molecule has 1 aromatic heterocycles. The second kappa shape index (κ2) is 5.05. The fourth-order valence-electron chi connectivity index (χ4n) is 1.98. The van der Waals surface area contributed by atoms with Gasteiger partial charge in [-0.15, -0.1) is 0 Å². The molecule has 0 bridgehead atoms. The highest BCUT2D eigenvalue weighted by Crippen LogP contribution is 2.24. The normalized spacial score (nSPS) is 21.3. The van der Waals surface area contributed by atoms with Crippen LogP contribution in [0.2, 0.25) is 0 Å². The number of nitro groups is 1. The first kappa shape index (κ1) is 13.0. The van der Waals surface area contributed by atoms with E-state index in [0.29, 0.717) is 17.8 Å². The van der Waals surface area contributed by atoms with Gasteiger partial charge >= 0.3 is 5.97 Å². The average Bonchev–Trinajstić information content (AvgIpc) is 2.80. The molecule has 2 N–H and O–H groups in total. The van der Waals surface area contributed by atoms with Crippen LogP contribution in [0.3, 0.4) is 0 Å². The molecule has 0 amide bonds. The number of rotatable bonds is 4. The quantitative estimate of drug-likeness (QED) is 0.487. The molecule has 0 spiro atoms. The van der Waals surface area contributed by atoms with Crippen molar-refractivity contribution < 1.29 is 14.8 Å². The number of aryl methyl sites for hydroxylation is 1. The van der Waals surface area contributed by atoms with Crippen molar-refractivity contribution in [2.24, 2.45) is 5.92 Å². The Kier molecular flexibility index (Phi) is 3.46. The van der Waals surface area contributed by atoms with Gasteiger partial charge in [0.1, 0.15) is 12.0 Å². The lowest BCUT2D eigenvalue weighted by atomic mass is 10.1. The summed E-state index contributed by atoms with van der Waals surface area (Å²) < 4.78 is 0. The summed E-state index contributed by atoms with van der Waals surface area (Å²) in [5.41, 5.74) is 0.592. The number of carboxylic acids is 1. The Morgan fingerprint density at radius 2 is 2.32 bits per heavy atom. The SMILES string of the molecule is Cc1cc([N+](=O)[O-])cnc1NC1C=CC(C(=O)O)C1. The molecule has 1 aliphatic rings. The average molecular weight is 263 g/mol. The summed E-state index contributed by atoms with van der Waals surface area (Å²) in [6, 6.07) is 1.32. The van der Waals surface area contributed by atoms with E-state index in [1.807, 2.05) is 0 Å². The number of nitrogens with one attached hydrogen (secondary N) is 1. The summed E-state index contributed by atoms with van der Waals surface area (Å²) >= 11 is 0. The van der Waals surface area contributed by atoms with E-state index in [1.165, 1.54) is 12.3 Å². The van der Waals surface area contributed by atoms with Crippen molar-refractivity contribution in [1.82, 2.24) is 4.98 Å². The van der Waals surface area contributed by atoms with Crippen molar-refractivity contribution in [1.29, 1.82) is 0 Å².